The first kappa shape index (κ1) is 30.3. The number of hydrogen-bond acceptors (Lipinski definition) is 9. The second kappa shape index (κ2) is 14.2. The lowest BCUT2D eigenvalue weighted by Crippen LogP contribution is -2.36. The maximum atomic E-state index is 13.7. The Morgan fingerprint density at radius 3 is 2.71 bits per heavy atom. The highest BCUT2D eigenvalue weighted by atomic mass is 79.9. The molecule has 0 saturated carbocycles. The Kier molecular flexibility index (Phi) is 11.3. The molecule has 1 aliphatic rings. The number of halogens is 1. The van der Waals surface area contributed by atoms with Gasteiger partial charge in [0.15, 0.2) is 12.5 Å². The molecule has 1 aromatic heterocycles. The van der Waals surface area contributed by atoms with Gasteiger partial charge in [-0.25, -0.2) is 9.36 Å². The largest absolute Gasteiger partial charge is 0.465 e. The monoisotopic (exact) mass is 617 g/mol. The van der Waals surface area contributed by atoms with Gasteiger partial charge in [0.25, 0.3) is 5.56 Å². The van der Waals surface area contributed by atoms with Crippen LogP contribution in [-0.2, 0) is 28.1 Å². The van der Waals surface area contributed by atoms with E-state index in [1.165, 1.54) is 17.7 Å². The minimum Gasteiger partial charge on any atom is -0.465 e. The smallest absolute Gasteiger partial charge is 0.459 e. The van der Waals surface area contributed by atoms with Crippen molar-refractivity contribution in [2.24, 2.45) is 0 Å². The molecule has 2 heterocycles. The van der Waals surface area contributed by atoms with Crippen LogP contribution in [0.3, 0.4) is 0 Å². The van der Waals surface area contributed by atoms with Crippen molar-refractivity contribution < 1.29 is 32.6 Å². The molecular formula is C24H33BrN3O9P. The van der Waals surface area contributed by atoms with Crippen LogP contribution in [-0.4, -0.2) is 47.7 Å². The van der Waals surface area contributed by atoms with Crippen LogP contribution in [0.15, 0.2) is 44.5 Å². The second-order valence-electron chi connectivity index (χ2n) is 8.75. The number of aryl methyl sites for hydroxylation is 1. The summed E-state index contributed by atoms with van der Waals surface area (Å²) in [4.78, 5) is 38.5. The van der Waals surface area contributed by atoms with E-state index in [4.69, 9.17) is 23.3 Å². The van der Waals surface area contributed by atoms with Crippen LogP contribution >= 0.6 is 23.7 Å². The molecule has 4 atom stereocenters. The van der Waals surface area contributed by atoms with Gasteiger partial charge < -0.3 is 18.7 Å². The van der Waals surface area contributed by atoms with Crippen molar-refractivity contribution in [2.45, 2.75) is 65.0 Å². The first-order chi connectivity index (χ1) is 18.1. The molecule has 38 heavy (non-hydrogen) atoms. The number of nitrogens with zero attached hydrogens (tertiary/aromatic N) is 1. The summed E-state index contributed by atoms with van der Waals surface area (Å²) >= 11 is 3.33. The number of aromatic amines is 1. The van der Waals surface area contributed by atoms with E-state index >= 15 is 0 Å². The highest BCUT2D eigenvalue weighted by Gasteiger charge is 2.36. The maximum Gasteiger partial charge on any atom is 0.459 e. The first-order valence-electron chi connectivity index (χ1n) is 12.3. The Hall–Kier alpha value is -2.28. The molecule has 0 spiro atoms. The molecule has 1 aromatic carbocycles. The van der Waals surface area contributed by atoms with Crippen LogP contribution in [0.1, 0.15) is 51.3 Å². The average Bonchev–Trinajstić information content (AvgIpc) is 3.35. The van der Waals surface area contributed by atoms with Crippen molar-refractivity contribution in [3.05, 3.63) is 61.3 Å². The summed E-state index contributed by atoms with van der Waals surface area (Å²) in [6.45, 7) is 5.06. The van der Waals surface area contributed by atoms with Crippen molar-refractivity contribution in [3.63, 3.8) is 0 Å². The Morgan fingerprint density at radius 1 is 1.26 bits per heavy atom. The quantitative estimate of drug-likeness (QED) is 0.182. The van der Waals surface area contributed by atoms with Crippen LogP contribution in [0.2, 0.25) is 0 Å². The Labute approximate surface area is 228 Å². The zero-order valence-electron chi connectivity index (χ0n) is 21.5. The van der Waals surface area contributed by atoms with Crippen molar-refractivity contribution in [1.82, 2.24) is 14.6 Å². The topological polar surface area (TPSA) is 147 Å². The molecule has 0 radical (unpaired) electrons. The van der Waals surface area contributed by atoms with Gasteiger partial charge in [-0.15, -0.1) is 0 Å². The third kappa shape index (κ3) is 8.89. The number of carbonyl (C=O) groups is 1. The van der Waals surface area contributed by atoms with E-state index in [2.05, 4.69) is 32.9 Å². The van der Waals surface area contributed by atoms with Crippen LogP contribution in [0.4, 0.5) is 0 Å². The molecule has 3 rings (SSSR count). The van der Waals surface area contributed by atoms with Crippen LogP contribution < -0.4 is 20.9 Å². The second-order valence-corrected chi connectivity index (χ2v) is 11.4. The highest BCUT2D eigenvalue weighted by molar-refractivity contribution is 9.10. The Balaban J connectivity index is 1.64. The molecule has 1 aliphatic heterocycles. The summed E-state index contributed by atoms with van der Waals surface area (Å²) in [6.07, 6.45) is 3.36. The summed E-state index contributed by atoms with van der Waals surface area (Å²) in [5.41, 5.74) is -0.810. The molecule has 2 N–H and O–H groups in total. The first-order valence-corrected chi connectivity index (χ1v) is 14.7. The molecular weight excluding hydrogens is 585 g/mol. The fourth-order valence-corrected chi connectivity index (χ4v) is 5.22. The number of aromatic nitrogens is 2. The van der Waals surface area contributed by atoms with Gasteiger partial charge in [0.1, 0.15) is 18.4 Å². The summed E-state index contributed by atoms with van der Waals surface area (Å²) in [6, 6.07) is 5.57. The molecule has 210 valence electrons. The fraction of sp³-hybridized carbons (Fsp3) is 0.542. The van der Waals surface area contributed by atoms with Gasteiger partial charge in [0.2, 0.25) is 0 Å². The van der Waals surface area contributed by atoms with Gasteiger partial charge >= 0.3 is 19.4 Å². The average molecular weight is 618 g/mol. The lowest BCUT2D eigenvalue weighted by atomic mass is 10.2. The lowest BCUT2D eigenvalue weighted by molar-refractivity contribution is -0.145. The zero-order chi connectivity index (χ0) is 27.7. The van der Waals surface area contributed by atoms with Crippen molar-refractivity contribution in [3.8, 4) is 5.75 Å². The van der Waals surface area contributed by atoms with E-state index in [0.717, 1.165) is 30.2 Å². The zero-order valence-corrected chi connectivity index (χ0v) is 24.0. The van der Waals surface area contributed by atoms with Crippen molar-refractivity contribution in [2.75, 3.05) is 19.8 Å². The van der Waals surface area contributed by atoms with E-state index in [1.807, 2.05) is 0 Å². The van der Waals surface area contributed by atoms with Gasteiger partial charge in [-0.1, -0.05) is 42.1 Å². The normalized spacial score (nSPS) is 19.6. The molecule has 0 amide bonds. The number of benzene rings is 1. The maximum absolute atomic E-state index is 13.7. The van der Waals surface area contributed by atoms with Crippen LogP contribution in [0.25, 0.3) is 0 Å². The standard InChI is InChI=1S/C24H33BrN3O9P/c1-4-5-6-7-12-33-23(30)17(3)27-38(32,37-19-10-8-18(25)9-11-19)35-15-21-34-14-20(36-21)28-13-16(2)22(29)26-24(28)31/h8-11,13,17,20-21H,4-7,12,14-15H2,1-3H3,(H,27,32)(H,26,29,31)/t17-,20+,21+,38?/m0/s1. The molecule has 14 heteroatoms. The molecule has 1 unspecified atom stereocenters. The SMILES string of the molecule is CCCCCCOC(=O)[C@H](C)NP(=O)(OC[C@@H]1OC[C@H](n2cc(C)c(=O)[nH]c2=O)O1)Oc1ccc(Br)cc1. The number of carbonyl (C=O) groups excluding carboxylic acids is 1. The highest BCUT2D eigenvalue weighted by Crippen LogP contribution is 2.45. The predicted octanol–water partition coefficient (Wildman–Crippen LogP) is 3.78. The number of H-pyrrole nitrogens is 1. The van der Waals surface area contributed by atoms with E-state index in [-0.39, 0.29) is 25.6 Å². The number of hydrogen-bond donors (Lipinski definition) is 2. The minimum absolute atomic E-state index is 0.00846. The third-order valence-corrected chi connectivity index (χ3v) is 7.73. The van der Waals surface area contributed by atoms with Gasteiger partial charge in [0, 0.05) is 16.2 Å². The van der Waals surface area contributed by atoms with Crippen LogP contribution in [0.5, 0.6) is 5.75 Å². The van der Waals surface area contributed by atoms with E-state index in [0.29, 0.717) is 5.56 Å². The lowest BCUT2D eigenvalue weighted by Gasteiger charge is -2.24. The van der Waals surface area contributed by atoms with Gasteiger partial charge in [-0.3, -0.25) is 23.7 Å². The van der Waals surface area contributed by atoms with Crippen molar-refractivity contribution >= 4 is 29.6 Å². The third-order valence-electron chi connectivity index (χ3n) is 5.56. The predicted molar refractivity (Wildman–Crippen MR) is 142 cm³/mol. The van der Waals surface area contributed by atoms with Gasteiger partial charge in [0.05, 0.1) is 13.2 Å². The molecule has 1 fully saturated rings. The summed E-state index contributed by atoms with van der Waals surface area (Å²) in [5, 5.41) is 2.62. The van der Waals surface area contributed by atoms with Gasteiger partial charge in [-0.2, -0.15) is 5.09 Å². The summed E-state index contributed by atoms with van der Waals surface area (Å²) in [5.74, 6) is -0.350. The van der Waals surface area contributed by atoms with E-state index in [9.17, 15) is 18.9 Å². The van der Waals surface area contributed by atoms with Crippen LogP contribution in [0, 0.1) is 6.92 Å². The summed E-state index contributed by atoms with van der Waals surface area (Å²) in [7, 11) is -4.13. The fourth-order valence-electron chi connectivity index (χ4n) is 3.48. The molecule has 12 nitrogen and oxygen atoms in total. The molecule has 0 aliphatic carbocycles. The number of esters is 1. The Morgan fingerprint density at radius 2 is 2.00 bits per heavy atom. The van der Waals surface area contributed by atoms with Crippen molar-refractivity contribution in [1.29, 1.82) is 0 Å². The number of ether oxygens (including phenoxy) is 3. The number of nitrogens with one attached hydrogen (secondary N) is 2. The van der Waals surface area contributed by atoms with Gasteiger partial charge in [-0.05, 0) is 44.5 Å². The number of rotatable bonds is 14. The molecule has 1 saturated heterocycles. The summed E-state index contributed by atoms with van der Waals surface area (Å²) < 4.78 is 43.4. The molecule has 0 bridgehead atoms. The minimum atomic E-state index is -4.13. The number of unbranched alkanes of at least 4 members (excludes halogenated alkanes) is 3. The molecule has 2 aromatic rings. The van der Waals surface area contributed by atoms with E-state index in [1.54, 1.807) is 31.2 Å². The Bertz CT molecular complexity index is 1230. The van der Waals surface area contributed by atoms with E-state index < -0.39 is 43.5 Å².